The van der Waals surface area contributed by atoms with Gasteiger partial charge in [0.2, 0.25) is 0 Å². The van der Waals surface area contributed by atoms with Gasteiger partial charge in [0, 0.05) is 6.54 Å². The van der Waals surface area contributed by atoms with Crippen LogP contribution in [-0.4, -0.2) is 19.7 Å². The third-order valence-electron chi connectivity index (χ3n) is 1.08. The number of hydrogen-bond acceptors (Lipinski definition) is 3. The van der Waals surface area contributed by atoms with Gasteiger partial charge < -0.3 is 10.1 Å². The standard InChI is InChI=1S/C5H11N2O/c6-5-4-7-2-1-3-8-5/h7H,1-4,6H2. The van der Waals surface area contributed by atoms with Crippen molar-refractivity contribution in [2.24, 2.45) is 5.73 Å². The zero-order chi connectivity index (χ0) is 5.82. The molecule has 0 aromatic carbocycles. The van der Waals surface area contributed by atoms with Crippen molar-refractivity contribution in [1.82, 2.24) is 5.32 Å². The summed E-state index contributed by atoms with van der Waals surface area (Å²) in [5.74, 6) is 0. The third-order valence-corrected chi connectivity index (χ3v) is 1.08. The van der Waals surface area contributed by atoms with Crippen molar-refractivity contribution in [3.8, 4) is 0 Å². The van der Waals surface area contributed by atoms with Crippen molar-refractivity contribution in [2.45, 2.75) is 6.42 Å². The molecule has 1 rings (SSSR count). The van der Waals surface area contributed by atoms with Crippen molar-refractivity contribution >= 4 is 0 Å². The molecule has 1 aliphatic heterocycles. The van der Waals surface area contributed by atoms with E-state index in [9.17, 15) is 0 Å². The first-order valence-electron chi connectivity index (χ1n) is 2.84. The normalized spacial score (nSPS) is 25.1. The minimum atomic E-state index is 0.613. The van der Waals surface area contributed by atoms with Crippen LogP contribution in [0.4, 0.5) is 0 Å². The Hall–Kier alpha value is -0.120. The van der Waals surface area contributed by atoms with Crippen LogP contribution in [0.1, 0.15) is 6.42 Å². The molecule has 1 fully saturated rings. The van der Waals surface area contributed by atoms with Gasteiger partial charge in [0.25, 0.3) is 0 Å². The summed E-state index contributed by atoms with van der Waals surface area (Å²) in [4.78, 5) is 0. The van der Waals surface area contributed by atoms with E-state index in [1.54, 1.807) is 0 Å². The molecule has 0 saturated carbocycles. The first-order valence-corrected chi connectivity index (χ1v) is 2.84. The Labute approximate surface area is 49.2 Å². The van der Waals surface area contributed by atoms with Gasteiger partial charge in [-0.15, -0.1) is 0 Å². The van der Waals surface area contributed by atoms with Gasteiger partial charge in [0.05, 0.1) is 6.61 Å². The fourth-order valence-corrected chi connectivity index (χ4v) is 0.663. The average Bonchev–Trinajstić information content (AvgIpc) is 1.94. The molecule has 0 unspecified atom stereocenters. The lowest BCUT2D eigenvalue weighted by Gasteiger charge is -2.04. The predicted molar refractivity (Wildman–Crippen MR) is 30.9 cm³/mol. The highest BCUT2D eigenvalue weighted by Crippen LogP contribution is 1.95. The molecule has 0 amide bonds. The third kappa shape index (κ3) is 1.78. The Morgan fingerprint density at radius 1 is 1.62 bits per heavy atom. The van der Waals surface area contributed by atoms with Crippen LogP contribution in [-0.2, 0) is 4.74 Å². The van der Waals surface area contributed by atoms with Crippen LogP contribution >= 0.6 is 0 Å². The average molecular weight is 115 g/mol. The molecule has 47 valence electrons. The quantitative estimate of drug-likeness (QED) is 0.445. The summed E-state index contributed by atoms with van der Waals surface area (Å²) in [5.41, 5.74) is 5.37. The lowest BCUT2D eigenvalue weighted by atomic mass is 10.5. The molecule has 3 nitrogen and oxygen atoms in total. The predicted octanol–water partition coefficient (Wildman–Crippen LogP) is -0.556. The monoisotopic (exact) mass is 115 g/mol. The number of nitrogens with one attached hydrogen (secondary N) is 1. The van der Waals surface area contributed by atoms with Crippen LogP contribution in [0, 0.1) is 6.23 Å². The highest BCUT2D eigenvalue weighted by atomic mass is 16.5. The molecule has 0 atom stereocenters. The Morgan fingerprint density at radius 2 is 2.50 bits per heavy atom. The van der Waals surface area contributed by atoms with E-state index in [1.165, 1.54) is 0 Å². The van der Waals surface area contributed by atoms with E-state index >= 15 is 0 Å². The molecule has 0 aromatic rings. The highest BCUT2D eigenvalue weighted by molar-refractivity contribution is 4.74. The summed E-state index contributed by atoms with van der Waals surface area (Å²) in [6.07, 6.45) is 1.67. The lowest BCUT2D eigenvalue weighted by Crippen LogP contribution is -2.25. The maximum Gasteiger partial charge on any atom is 0.173 e. The van der Waals surface area contributed by atoms with Gasteiger partial charge in [-0.2, -0.15) is 0 Å². The van der Waals surface area contributed by atoms with Gasteiger partial charge in [0.1, 0.15) is 0 Å². The molecule has 0 aliphatic carbocycles. The van der Waals surface area contributed by atoms with Crippen LogP contribution in [0.5, 0.6) is 0 Å². The summed E-state index contributed by atoms with van der Waals surface area (Å²) in [6.45, 7) is 2.49. The molecule has 1 heterocycles. The Morgan fingerprint density at radius 3 is 3.38 bits per heavy atom. The molecule has 0 aromatic heterocycles. The van der Waals surface area contributed by atoms with Gasteiger partial charge >= 0.3 is 0 Å². The largest absolute Gasteiger partial charge is 0.355 e. The van der Waals surface area contributed by atoms with Crippen molar-refractivity contribution in [3.63, 3.8) is 0 Å². The minimum Gasteiger partial charge on any atom is -0.355 e. The number of rotatable bonds is 0. The molecule has 1 aliphatic rings. The van der Waals surface area contributed by atoms with Gasteiger partial charge in [-0.1, -0.05) is 0 Å². The van der Waals surface area contributed by atoms with Crippen molar-refractivity contribution in [3.05, 3.63) is 6.23 Å². The maximum atomic E-state index is 5.37. The van der Waals surface area contributed by atoms with Crippen LogP contribution in [0.25, 0.3) is 0 Å². The van der Waals surface area contributed by atoms with E-state index in [2.05, 4.69) is 5.32 Å². The molecular weight excluding hydrogens is 104 g/mol. The first kappa shape index (κ1) is 6.01. The molecule has 0 bridgehead atoms. The first-order chi connectivity index (χ1) is 3.89. The summed E-state index contributed by atoms with van der Waals surface area (Å²) < 4.78 is 5.03. The van der Waals surface area contributed by atoms with Crippen molar-refractivity contribution in [2.75, 3.05) is 19.7 Å². The molecule has 0 spiro atoms. The second-order valence-corrected chi connectivity index (χ2v) is 1.85. The molecule has 8 heavy (non-hydrogen) atoms. The van der Waals surface area contributed by atoms with Crippen LogP contribution < -0.4 is 11.1 Å². The zero-order valence-corrected chi connectivity index (χ0v) is 4.81. The van der Waals surface area contributed by atoms with Crippen LogP contribution in [0.2, 0.25) is 0 Å². The van der Waals surface area contributed by atoms with E-state index in [-0.39, 0.29) is 0 Å². The molecular formula is C5H11N2O. The summed E-state index contributed by atoms with van der Waals surface area (Å²) >= 11 is 0. The summed E-state index contributed by atoms with van der Waals surface area (Å²) in [7, 11) is 0. The highest BCUT2D eigenvalue weighted by Gasteiger charge is 2.05. The van der Waals surface area contributed by atoms with E-state index in [0.29, 0.717) is 12.8 Å². The van der Waals surface area contributed by atoms with E-state index in [0.717, 1.165) is 19.6 Å². The van der Waals surface area contributed by atoms with Gasteiger partial charge in [-0.25, -0.2) is 0 Å². The van der Waals surface area contributed by atoms with Crippen LogP contribution in [0.3, 0.4) is 0 Å². The Bertz CT molecular complexity index is 59.4. The number of nitrogens with two attached hydrogens (primary N) is 1. The molecule has 1 radical (unpaired) electrons. The molecule has 3 N–H and O–H groups in total. The van der Waals surface area contributed by atoms with E-state index in [4.69, 9.17) is 10.5 Å². The Balaban J connectivity index is 2.17. The summed E-state index contributed by atoms with van der Waals surface area (Å²) in [6, 6.07) is 0. The van der Waals surface area contributed by atoms with Gasteiger partial charge in [-0.05, 0) is 13.0 Å². The Kier molecular flexibility index (Phi) is 2.27. The topological polar surface area (TPSA) is 47.3 Å². The van der Waals surface area contributed by atoms with Crippen molar-refractivity contribution < 1.29 is 4.74 Å². The van der Waals surface area contributed by atoms with Crippen LogP contribution in [0.15, 0.2) is 0 Å². The summed E-state index contributed by atoms with van der Waals surface area (Å²) in [5, 5.41) is 3.11. The van der Waals surface area contributed by atoms with Gasteiger partial charge in [0.15, 0.2) is 6.23 Å². The smallest absolute Gasteiger partial charge is 0.173 e. The fourth-order valence-electron chi connectivity index (χ4n) is 0.663. The second-order valence-electron chi connectivity index (χ2n) is 1.85. The lowest BCUT2D eigenvalue weighted by molar-refractivity contribution is 0.154. The minimum absolute atomic E-state index is 0.613. The SMILES string of the molecule is N[C]1CNCCCO1. The van der Waals surface area contributed by atoms with Crippen molar-refractivity contribution in [1.29, 1.82) is 0 Å². The van der Waals surface area contributed by atoms with E-state index in [1.807, 2.05) is 0 Å². The maximum absolute atomic E-state index is 5.37. The fraction of sp³-hybridized carbons (Fsp3) is 0.800. The number of hydrogen-bond donors (Lipinski definition) is 2. The zero-order valence-electron chi connectivity index (χ0n) is 4.81. The number of ether oxygens (including phenoxy) is 1. The molecule has 1 saturated heterocycles. The molecule has 3 heteroatoms. The second kappa shape index (κ2) is 3.02. The van der Waals surface area contributed by atoms with Gasteiger partial charge in [-0.3, -0.25) is 5.73 Å². The van der Waals surface area contributed by atoms with E-state index < -0.39 is 0 Å².